The van der Waals surface area contributed by atoms with Gasteiger partial charge in [-0.05, 0) is 27.7 Å². The number of hydrogen-bond donors (Lipinski definition) is 1. The van der Waals surface area contributed by atoms with E-state index in [0.717, 1.165) is 0 Å². The standard InChI is InChI=1S/C14H23N5O3/c1-9(2)19-8-11(16-17-19)7-12-13(20)18(14(21)15-12)5-6-22-10(3)4/h8-10,12H,5-7H2,1-4H3,(H,15,21)/t12-/m1/s1. The van der Waals surface area contributed by atoms with Gasteiger partial charge in [0, 0.05) is 18.7 Å². The molecule has 1 aromatic heterocycles. The molecule has 1 fully saturated rings. The van der Waals surface area contributed by atoms with Crippen molar-refractivity contribution in [3.05, 3.63) is 11.9 Å². The number of amides is 3. The summed E-state index contributed by atoms with van der Waals surface area (Å²) in [6, 6.07) is -0.748. The van der Waals surface area contributed by atoms with Crippen LogP contribution in [0.4, 0.5) is 4.79 Å². The van der Waals surface area contributed by atoms with E-state index in [9.17, 15) is 9.59 Å². The molecular weight excluding hydrogens is 286 g/mol. The number of hydrogen-bond acceptors (Lipinski definition) is 5. The fraction of sp³-hybridized carbons (Fsp3) is 0.714. The fourth-order valence-corrected chi connectivity index (χ4v) is 2.18. The Morgan fingerprint density at radius 2 is 2.05 bits per heavy atom. The Morgan fingerprint density at radius 3 is 2.64 bits per heavy atom. The van der Waals surface area contributed by atoms with Crippen molar-refractivity contribution in [1.29, 1.82) is 0 Å². The first-order valence-electron chi connectivity index (χ1n) is 7.52. The van der Waals surface area contributed by atoms with Crippen LogP contribution in [0.5, 0.6) is 0 Å². The number of aromatic nitrogens is 3. The van der Waals surface area contributed by atoms with Gasteiger partial charge in [-0.3, -0.25) is 9.69 Å². The van der Waals surface area contributed by atoms with Crippen molar-refractivity contribution in [1.82, 2.24) is 25.2 Å². The number of ether oxygens (including phenoxy) is 1. The third-order valence-electron chi connectivity index (χ3n) is 3.37. The SMILES string of the molecule is CC(C)OCCN1C(=O)N[C@H](Cc2cn(C(C)C)nn2)C1=O. The smallest absolute Gasteiger partial charge is 0.324 e. The van der Waals surface area contributed by atoms with Gasteiger partial charge in [-0.2, -0.15) is 0 Å². The van der Waals surface area contributed by atoms with Crippen LogP contribution >= 0.6 is 0 Å². The van der Waals surface area contributed by atoms with Crippen molar-refractivity contribution in [3.8, 4) is 0 Å². The molecule has 1 aromatic rings. The zero-order valence-corrected chi connectivity index (χ0v) is 13.4. The Morgan fingerprint density at radius 1 is 1.32 bits per heavy atom. The number of carbonyl (C=O) groups is 2. The highest BCUT2D eigenvalue weighted by molar-refractivity contribution is 6.04. The molecule has 0 radical (unpaired) electrons. The molecule has 0 bridgehead atoms. The molecule has 8 nitrogen and oxygen atoms in total. The maximum atomic E-state index is 12.3. The van der Waals surface area contributed by atoms with Crippen LogP contribution in [0.25, 0.3) is 0 Å². The number of urea groups is 1. The van der Waals surface area contributed by atoms with Gasteiger partial charge in [0.25, 0.3) is 5.91 Å². The fourth-order valence-electron chi connectivity index (χ4n) is 2.18. The van der Waals surface area contributed by atoms with Gasteiger partial charge in [0.2, 0.25) is 0 Å². The van der Waals surface area contributed by atoms with E-state index in [-0.39, 0.29) is 30.6 Å². The average molecular weight is 309 g/mol. The zero-order valence-electron chi connectivity index (χ0n) is 13.4. The third-order valence-corrected chi connectivity index (χ3v) is 3.37. The first-order valence-corrected chi connectivity index (χ1v) is 7.52. The van der Waals surface area contributed by atoms with Crippen molar-refractivity contribution in [2.75, 3.05) is 13.2 Å². The molecule has 22 heavy (non-hydrogen) atoms. The molecular formula is C14H23N5O3. The molecule has 2 heterocycles. The molecule has 2 rings (SSSR count). The maximum absolute atomic E-state index is 12.3. The summed E-state index contributed by atoms with van der Waals surface area (Å²) in [5.74, 6) is -0.239. The minimum atomic E-state index is -0.580. The molecule has 1 atom stereocenters. The molecule has 1 aliphatic rings. The molecule has 0 unspecified atom stereocenters. The van der Waals surface area contributed by atoms with Crippen LogP contribution < -0.4 is 5.32 Å². The number of nitrogens with one attached hydrogen (secondary N) is 1. The number of nitrogens with zero attached hydrogens (tertiary/aromatic N) is 4. The van der Waals surface area contributed by atoms with Gasteiger partial charge in [-0.1, -0.05) is 5.21 Å². The van der Waals surface area contributed by atoms with E-state index in [0.29, 0.717) is 18.7 Å². The molecule has 0 aromatic carbocycles. The molecule has 0 saturated carbocycles. The summed E-state index contributed by atoms with van der Waals surface area (Å²) in [4.78, 5) is 25.3. The zero-order chi connectivity index (χ0) is 16.3. The highest BCUT2D eigenvalue weighted by atomic mass is 16.5. The topological polar surface area (TPSA) is 89.3 Å². The Hall–Kier alpha value is -1.96. The second kappa shape index (κ2) is 6.87. The van der Waals surface area contributed by atoms with E-state index in [1.54, 1.807) is 10.9 Å². The number of rotatable bonds is 7. The van der Waals surface area contributed by atoms with Gasteiger partial charge in [0.15, 0.2) is 0 Å². The predicted molar refractivity (Wildman–Crippen MR) is 79.2 cm³/mol. The van der Waals surface area contributed by atoms with Crippen molar-refractivity contribution in [3.63, 3.8) is 0 Å². The molecule has 122 valence electrons. The summed E-state index contributed by atoms with van der Waals surface area (Å²) in [5.41, 5.74) is 0.688. The number of carbonyl (C=O) groups excluding carboxylic acids is 2. The van der Waals surface area contributed by atoms with Crippen molar-refractivity contribution < 1.29 is 14.3 Å². The number of imide groups is 1. The molecule has 1 aliphatic heterocycles. The molecule has 8 heteroatoms. The van der Waals surface area contributed by atoms with Crippen LogP contribution in [0.15, 0.2) is 6.20 Å². The lowest BCUT2D eigenvalue weighted by atomic mass is 10.1. The van der Waals surface area contributed by atoms with Gasteiger partial charge in [0.05, 0.1) is 24.9 Å². The highest BCUT2D eigenvalue weighted by Crippen LogP contribution is 2.12. The van der Waals surface area contributed by atoms with Crippen molar-refractivity contribution >= 4 is 11.9 Å². The quantitative estimate of drug-likeness (QED) is 0.751. The molecule has 1 N–H and O–H groups in total. The lowest BCUT2D eigenvalue weighted by molar-refractivity contribution is -0.128. The highest BCUT2D eigenvalue weighted by Gasteiger charge is 2.38. The van der Waals surface area contributed by atoms with Crippen LogP contribution in [0.2, 0.25) is 0 Å². The van der Waals surface area contributed by atoms with Crippen LogP contribution in [0.1, 0.15) is 39.4 Å². The summed E-state index contributed by atoms with van der Waals surface area (Å²) in [5, 5.41) is 10.7. The lowest BCUT2D eigenvalue weighted by Crippen LogP contribution is -2.35. The minimum Gasteiger partial charge on any atom is -0.377 e. The molecule has 0 spiro atoms. The minimum absolute atomic E-state index is 0.0719. The van der Waals surface area contributed by atoms with E-state index < -0.39 is 6.04 Å². The molecule has 0 aliphatic carbocycles. The summed E-state index contributed by atoms with van der Waals surface area (Å²) in [6.45, 7) is 8.42. The molecule has 3 amide bonds. The molecule has 1 saturated heterocycles. The monoisotopic (exact) mass is 309 g/mol. The van der Waals surface area contributed by atoms with Gasteiger partial charge in [-0.25, -0.2) is 9.48 Å². The van der Waals surface area contributed by atoms with Gasteiger partial charge in [-0.15, -0.1) is 5.10 Å². The average Bonchev–Trinajstić information content (AvgIpc) is 2.99. The summed E-state index contributed by atoms with van der Waals surface area (Å²) in [6.07, 6.45) is 2.22. The van der Waals surface area contributed by atoms with Gasteiger partial charge < -0.3 is 10.1 Å². The first-order chi connectivity index (χ1) is 10.4. The van der Waals surface area contributed by atoms with Crippen LogP contribution in [0, 0.1) is 0 Å². The third kappa shape index (κ3) is 3.82. The van der Waals surface area contributed by atoms with E-state index >= 15 is 0 Å². The Bertz CT molecular complexity index is 540. The van der Waals surface area contributed by atoms with Crippen molar-refractivity contribution in [2.24, 2.45) is 0 Å². The maximum Gasteiger partial charge on any atom is 0.324 e. The van der Waals surface area contributed by atoms with Gasteiger partial charge in [0.1, 0.15) is 6.04 Å². The summed E-state index contributed by atoms with van der Waals surface area (Å²) >= 11 is 0. The van der Waals surface area contributed by atoms with E-state index in [4.69, 9.17) is 4.74 Å². The second-order valence-electron chi connectivity index (χ2n) is 5.90. The van der Waals surface area contributed by atoms with E-state index in [1.165, 1.54) is 4.90 Å². The van der Waals surface area contributed by atoms with Crippen LogP contribution in [-0.2, 0) is 16.0 Å². The van der Waals surface area contributed by atoms with Crippen LogP contribution in [-0.4, -0.2) is 57.1 Å². The van der Waals surface area contributed by atoms with Gasteiger partial charge >= 0.3 is 6.03 Å². The largest absolute Gasteiger partial charge is 0.377 e. The first kappa shape index (κ1) is 16.4. The lowest BCUT2D eigenvalue weighted by Gasteiger charge is -2.14. The Balaban J connectivity index is 1.92. The van der Waals surface area contributed by atoms with E-state index in [2.05, 4.69) is 15.6 Å². The summed E-state index contributed by atoms with van der Waals surface area (Å²) < 4.78 is 7.11. The van der Waals surface area contributed by atoms with Crippen LogP contribution in [0.3, 0.4) is 0 Å². The van der Waals surface area contributed by atoms with E-state index in [1.807, 2.05) is 27.7 Å². The normalized spacial score (nSPS) is 18.6. The summed E-state index contributed by atoms with van der Waals surface area (Å²) in [7, 11) is 0. The van der Waals surface area contributed by atoms with Crippen molar-refractivity contribution in [2.45, 2.75) is 52.3 Å². The predicted octanol–water partition coefficient (Wildman–Crippen LogP) is 0.747. The Kier molecular flexibility index (Phi) is 5.12. The Labute approximate surface area is 129 Å². The second-order valence-corrected chi connectivity index (χ2v) is 5.90.